The second-order valence-corrected chi connectivity index (χ2v) is 5.04. The molecule has 0 aromatic carbocycles. The van der Waals surface area contributed by atoms with Gasteiger partial charge in [-0.3, -0.25) is 0 Å². The van der Waals surface area contributed by atoms with Crippen molar-refractivity contribution < 1.29 is 0 Å². The van der Waals surface area contributed by atoms with Crippen LogP contribution in [0.1, 0.15) is 26.7 Å². The maximum absolute atomic E-state index is 3.66. The summed E-state index contributed by atoms with van der Waals surface area (Å²) in [5, 5.41) is 3.66. The highest BCUT2D eigenvalue weighted by atomic mass is 32.2. The van der Waals surface area contributed by atoms with E-state index in [1.807, 2.05) is 0 Å². The lowest BCUT2D eigenvalue weighted by atomic mass is 10.2. The molecule has 1 rings (SSSR count). The van der Waals surface area contributed by atoms with Crippen LogP contribution < -0.4 is 5.32 Å². The molecule has 2 nitrogen and oxygen atoms in total. The summed E-state index contributed by atoms with van der Waals surface area (Å²) in [5.74, 6) is 2.69. The highest BCUT2D eigenvalue weighted by Gasteiger charge is 2.12. The molecule has 0 bridgehead atoms. The van der Waals surface area contributed by atoms with Crippen molar-refractivity contribution in [2.75, 3.05) is 37.7 Å². The van der Waals surface area contributed by atoms with Crippen LogP contribution >= 0.6 is 11.8 Å². The lowest BCUT2D eigenvalue weighted by molar-refractivity contribution is 0.296. The summed E-state index contributed by atoms with van der Waals surface area (Å²) in [7, 11) is 0. The first-order valence-corrected chi connectivity index (χ1v) is 7.05. The third-order valence-corrected chi connectivity index (χ3v) is 4.13. The zero-order valence-electron chi connectivity index (χ0n) is 9.59. The maximum Gasteiger partial charge on any atom is 0.0159 e. The van der Waals surface area contributed by atoms with Crippen molar-refractivity contribution in [3.63, 3.8) is 0 Å². The van der Waals surface area contributed by atoms with E-state index in [4.69, 9.17) is 0 Å². The topological polar surface area (TPSA) is 15.3 Å². The third kappa shape index (κ3) is 4.67. The number of nitrogens with zero attached hydrogens (tertiary/aromatic N) is 1. The maximum atomic E-state index is 3.66. The standard InChI is InChI=1S/C11H24N2S/c1-3-13(4-2)8-7-12-11-6-5-9-14-10-11/h11-12H,3-10H2,1-2H3/t11-/m1/s1. The fourth-order valence-electron chi connectivity index (χ4n) is 1.87. The Morgan fingerprint density at radius 2 is 2.14 bits per heavy atom. The van der Waals surface area contributed by atoms with Crippen molar-refractivity contribution in [2.45, 2.75) is 32.7 Å². The Morgan fingerprint density at radius 1 is 1.36 bits per heavy atom. The molecule has 0 aromatic rings. The molecule has 14 heavy (non-hydrogen) atoms. The minimum atomic E-state index is 0.782. The van der Waals surface area contributed by atoms with E-state index in [0.717, 1.165) is 12.6 Å². The van der Waals surface area contributed by atoms with Gasteiger partial charge in [0.05, 0.1) is 0 Å². The van der Waals surface area contributed by atoms with E-state index in [9.17, 15) is 0 Å². The van der Waals surface area contributed by atoms with Crippen molar-refractivity contribution in [3.8, 4) is 0 Å². The third-order valence-electron chi connectivity index (χ3n) is 2.92. The minimum absolute atomic E-state index is 0.782. The highest BCUT2D eigenvalue weighted by molar-refractivity contribution is 7.99. The minimum Gasteiger partial charge on any atom is -0.312 e. The van der Waals surface area contributed by atoms with Gasteiger partial charge >= 0.3 is 0 Å². The van der Waals surface area contributed by atoms with Crippen LogP contribution in [0.15, 0.2) is 0 Å². The van der Waals surface area contributed by atoms with Crippen molar-refractivity contribution in [1.29, 1.82) is 0 Å². The Bertz CT molecular complexity index is 131. The molecule has 1 saturated heterocycles. The van der Waals surface area contributed by atoms with Gasteiger partial charge in [0.1, 0.15) is 0 Å². The van der Waals surface area contributed by atoms with E-state index in [0.29, 0.717) is 0 Å². The molecule has 1 aliphatic heterocycles. The zero-order chi connectivity index (χ0) is 10.2. The average Bonchev–Trinajstić information content (AvgIpc) is 2.26. The van der Waals surface area contributed by atoms with E-state index < -0.39 is 0 Å². The SMILES string of the molecule is CCN(CC)CCN[C@@H]1CCCSC1. The molecular formula is C11H24N2S. The average molecular weight is 216 g/mol. The monoisotopic (exact) mass is 216 g/mol. The molecule has 3 heteroatoms. The molecule has 0 aliphatic carbocycles. The Kier molecular flexibility index (Phi) is 6.65. The van der Waals surface area contributed by atoms with Gasteiger partial charge in [-0.25, -0.2) is 0 Å². The van der Waals surface area contributed by atoms with E-state index in [2.05, 4.69) is 35.8 Å². The molecule has 1 N–H and O–H groups in total. The molecule has 1 atom stereocenters. The summed E-state index contributed by atoms with van der Waals surface area (Å²) >= 11 is 2.10. The van der Waals surface area contributed by atoms with Gasteiger partial charge in [-0.05, 0) is 31.7 Å². The van der Waals surface area contributed by atoms with Gasteiger partial charge in [0.15, 0.2) is 0 Å². The molecule has 0 radical (unpaired) electrons. The number of nitrogens with one attached hydrogen (secondary N) is 1. The quantitative estimate of drug-likeness (QED) is 0.729. The first-order valence-electron chi connectivity index (χ1n) is 5.90. The van der Waals surface area contributed by atoms with Gasteiger partial charge in [0.2, 0.25) is 0 Å². The molecule has 1 heterocycles. The Balaban J connectivity index is 2.01. The number of likely N-dealkylation sites (N-methyl/N-ethyl adjacent to an activating group) is 1. The van der Waals surface area contributed by atoms with Crippen molar-refractivity contribution >= 4 is 11.8 Å². The Morgan fingerprint density at radius 3 is 2.71 bits per heavy atom. The Labute approximate surface area is 92.8 Å². The summed E-state index contributed by atoms with van der Waals surface area (Å²) in [6.07, 6.45) is 2.78. The van der Waals surface area contributed by atoms with Crippen LogP contribution in [0.5, 0.6) is 0 Å². The molecule has 1 fully saturated rings. The van der Waals surface area contributed by atoms with E-state index in [1.54, 1.807) is 0 Å². The molecule has 1 aliphatic rings. The van der Waals surface area contributed by atoms with Crippen LogP contribution in [-0.4, -0.2) is 48.6 Å². The van der Waals surface area contributed by atoms with Crippen molar-refractivity contribution in [1.82, 2.24) is 10.2 Å². The number of thioether (sulfide) groups is 1. The van der Waals surface area contributed by atoms with Crippen LogP contribution in [-0.2, 0) is 0 Å². The predicted octanol–water partition coefficient (Wildman–Crippen LogP) is 1.81. The number of rotatable bonds is 6. The molecule has 0 aromatic heterocycles. The van der Waals surface area contributed by atoms with Crippen LogP contribution in [0, 0.1) is 0 Å². The van der Waals surface area contributed by atoms with Crippen LogP contribution in [0.25, 0.3) is 0 Å². The first kappa shape index (κ1) is 12.3. The molecule has 0 unspecified atom stereocenters. The zero-order valence-corrected chi connectivity index (χ0v) is 10.4. The normalized spacial score (nSPS) is 22.9. The van der Waals surface area contributed by atoms with Gasteiger partial charge < -0.3 is 10.2 Å². The summed E-state index contributed by atoms with van der Waals surface area (Å²) in [6, 6.07) is 0.782. The number of hydrogen-bond acceptors (Lipinski definition) is 3. The first-order chi connectivity index (χ1) is 6.86. The van der Waals surface area contributed by atoms with Gasteiger partial charge in [0.25, 0.3) is 0 Å². The fourth-order valence-corrected chi connectivity index (χ4v) is 2.97. The van der Waals surface area contributed by atoms with Crippen LogP contribution in [0.2, 0.25) is 0 Å². The van der Waals surface area contributed by atoms with Gasteiger partial charge in [-0.15, -0.1) is 0 Å². The van der Waals surface area contributed by atoms with E-state index >= 15 is 0 Å². The van der Waals surface area contributed by atoms with Gasteiger partial charge in [-0.2, -0.15) is 11.8 Å². The second kappa shape index (κ2) is 7.55. The summed E-state index contributed by atoms with van der Waals surface area (Å²) in [4.78, 5) is 2.48. The lowest BCUT2D eigenvalue weighted by Gasteiger charge is -2.24. The summed E-state index contributed by atoms with van der Waals surface area (Å²) < 4.78 is 0. The molecule has 0 saturated carbocycles. The molecular weight excluding hydrogens is 192 g/mol. The van der Waals surface area contributed by atoms with Crippen LogP contribution in [0.3, 0.4) is 0 Å². The van der Waals surface area contributed by atoms with Crippen LogP contribution in [0.4, 0.5) is 0 Å². The van der Waals surface area contributed by atoms with Gasteiger partial charge in [0, 0.05) is 24.9 Å². The predicted molar refractivity (Wildman–Crippen MR) is 66.1 cm³/mol. The number of hydrogen-bond donors (Lipinski definition) is 1. The smallest absolute Gasteiger partial charge is 0.0159 e. The molecule has 0 amide bonds. The molecule has 0 spiro atoms. The van der Waals surface area contributed by atoms with E-state index in [-0.39, 0.29) is 0 Å². The van der Waals surface area contributed by atoms with Gasteiger partial charge in [-0.1, -0.05) is 13.8 Å². The van der Waals surface area contributed by atoms with Crippen molar-refractivity contribution in [2.24, 2.45) is 0 Å². The Hall–Kier alpha value is 0.270. The second-order valence-electron chi connectivity index (χ2n) is 3.90. The van der Waals surface area contributed by atoms with E-state index in [1.165, 1.54) is 44.0 Å². The molecule has 84 valence electrons. The summed E-state index contributed by atoms with van der Waals surface area (Å²) in [5.41, 5.74) is 0. The summed E-state index contributed by atoms with van der Waals surface area (Å²) in [6.45, 7) is 9.19. The highest BCUT2D eigenvalue weighted by Crippen LogP contribution is 2.16. The lowest BCUT2D eigenvalue weighted by Crippen LogP contribution is -2.39. The largest absolute Gasteiger partial charge is 0.312 e. The van der Waals surface area contributed by atoms with Crippen molar-refractivity contribution in [3.05, 3.63) is 0 Å². The fraction of sp³-hybridized carbons (Fsp3) is 1.00.